The van der Waals surface area contributed by atoms with Crippen LogP contribution in [0.2, 0.25) is 0 Å². The van der Waals surface area contributed by atoms with Crippen molar-refractivity contribution in [3.63, 3.8) is 0 Å². The molecule has 2 aromatic carbocycles. The Morgan fingerprint density at radius 3 is 2.03 bits per heavy atom. The van der Waals surface area contributed by atoms with Gasteiger partial charge in [-0.15, -0.1) is 0 Å². The highest BCUT2D eigenvalue weighted by molar-refractivity contribution is 6.04. The Morgan fingerprint density at radius 1 is 0.897 bits per heavy atom. The molecule has 0 saturated carbocycles. The van der Waals surface area contributed by atoms with Crippen LogP contribution in [0.1, 0.15) is 51.3 Å². The number of ether oxygens (including phenoxy) is 2. The topological polar surface area (TPSA) is 98.8 Å². The van der Waals surface area contributed by atoms with E-state index in [-0.39, 0.29) is 23.0 Å². The zero-order valence-electron chi connectivity index (χ0n) is 16.6. The second kappa shape index (κ2) is 10.2. The van der Waals surface area contributed by atoms with Crippen LogP contribution in [0.15, 0.2) is 48.5 Å². The molecule has 2 rings (SSSR count). The molecular formula is C22H23NO6. The molecular weight excluding hydrogens is 374 g/mol. The lowest BCUT2D eigenvalue weighted by molar-refractivity contribution is -0.116. The number of ketones is 1. The predicted molar refractivity (Wildman–Crippen MR) is 107 cm³/mol. The van der Waals surface area contributed by atoms with E-state index >= 15 is 0 Å². The zero-order chi connectivity index (χ0) is 21.4. The number of hydrogen-bond acceptors (Lipinski definition) is 6. The van der Waals surface area contributed by atoms with E-state index in [0.29, 0.717) is 17.7 Å². The van der Waals surface area contributed by atoms with E-state index in [4.69, 9.17) is 4.74 Å². The smallest absolute Gasteiger partial charge is 0.339 e. The Balaban J connectivity index is 1.97. The highest BCUT2D eigenvalue weighted by Gasteiger charge is 2.19. The number of hydrogen-bond donors (Lipinski definition) is 1. The van der Waals surface area contributed by atoms with E-state index in [1.54, 1.807) is 36.4 Å². The van der Waals surface area contributed by atoms with E-state index in [2.05, 4.69) is 10.1 Å². The van der Waals surface area contributed by atoms with Gasteiger partial charge in [-0.3, -0.25) is 9.59 Å². The van der Waals surface area contributed by atoms with Gasteiger partial charge in [-0.05, 0) is 42.3 Å². The van der Waals surface area contributed by atoms with Crippen LogP contribution in [0, 0.1) is 5.92 Å². The first-order valence-corrected chi connectivity index (χ1v) is 9.09. The number of carbonyl (C=O) groups is 4. The van der Waals surface area contributed by atoms with E-state index in [1.165, 1.54) is 19.2 Å². The quantitative estimate of drug-likeness (QED) is 0.541. The van der Waals surface area contributed by atoms with E-state index in [9.17, 15) is 19.2 Å². The number of esters is 2. The third kappa shape index (κ3) is 6.27. The minimum atomic E-state index is -0.795. The maximum absolute atomic E-state index is 12.3. The van der Waals surface area contributed by atoms with Crippen LogP contribution in [0.5, 0.6) is 0 Å². The molecule has 0 spiro atoms. The van der Waals surface area contributed by atoms with Gasteiger partial charge >= 0.3 is 11.9 Å². The Hall–Kier alpha value is -3.48. The fraction of sp³-hybridized carbons (Fsp3) is 0.273. The van der Waals surface area contributed by atoms with Crippen molar-refractivity contribution in [1.29, 1.82) is 0 Å². The highest BCUT2D eigenvalue weighted by Crippen LogP contribution is 2.14. The first-order valence-electron chi connectivity index (χ1n) is 9.09. The maximum Gasteiger partial charge on any atom is 0.339 e. The normalized spacial score (nSPS) is 10.3. The van der Waals surface area contributed by atoms with Crippen molar-refractivity contribution in [1.82, 2.24) is 0 Å². The maximum atomic E-state index is 12.3. The number of anilines is 1. The molecule has 152 valence electrons. The zero-order valence-corrected chi connectivity index (χ0v) is 16.6. The van der Waals surface area contributed by atoms with E-state index in [1.807, 2.05) is 13.8 Å². The molecule has 0 aliphatic carbocycles. The lowest BCUT2D eigenvalue weighted by Gasteiger charge is -2.09. The largest absolute Gasteiger partial charge is 0.465 e. The summed E-state index contributed by atoms with van der Waals surface area (Å²) in [6.45, 7) is 3.42. The second-order valence-corrected chi connectivity index (χ2v) is 6.76. The summed E-state index contributed by atoms with van der Waals surface area (Å²) in [5, 5.41) is 2.75. The Labute approximate surface area is 169 Å². The molecule has 0 fully saturated rings. The summed E-state index contributed by atoms with van der Waals surface area (Å²) in [5.41, 5.74) is 1.00. The standard InChI is InChI=1S/C22H23NO6/c1-14(2)12-20(25)23-16-10-8-15(9-11-16)19(24)13-29-22(27)18-7-5-4-6-17(18)21(26)28-3/h4-11,14H,12-13H2,1-3H3,(H,23,25). The first-order chi connectivity index (χ1) is 13.8. The summed E-state index contributed by atoms with van der Waals surface area (Å²) >= 11 is 0. The predicted octanol–water partition coefficient (Wildman–Crippen LogP) is 3.50. The van der Waals surface area contributed by atoms with Gasteiger partial charge in [-0.2, -0.15) is 0 Å². The van der Waals surface area contributed by atoms with Crippen LogP contribution < -0.4 is 5.32 Å². The monoisotopic (exact) mass is 397 g/mol. The molecule has 1 N–H and O–H groups in total. The highest BCUT2D eigenvalue weighted by atomic mass is 16.5. The molecule has 0 aromatic heterocycles. The summed E-state index contributed by atoms with van der Waals surface area (Å²) in [6, 6.07) is 12.4. The summed E-state index contributed by atoms with van der Waals surface area (Å²) in [6.07, 6.45) is 0.406. The van der Waals surface area contributed by atoms with Gasteiger partial charge in [-0.25, -0.2) is 9.59 Å². The summed E-state index contributed by atoms with van der Waals surface area (Å²) in [5.74, 6) is -1.73. The average molecular weight is 397 g/mol. The van der Waals surface area contributed by atoms with Crippen LogP contribution in [0.3, 0.4) is 0 Å². The Bertz CT molecular complexity index is 902. The van der Waals surface area contributed by atoms with Crippen LogP contribution >= 0.6 is 0 Å². The lowest BCUT2D eigenvalue weighted by atomic mass is 10.1. The van der Waals surface area contributed by atoms with Gasteiger partial charge in [0.15, 0.2) is 12.4 Å². The number of carbonyl (C=O) groups excluding carboxylic acids is 4. The van der Waals surface area contributed by atoms with Gasteiger partial charge in [0.25, 0.3) is 0 Å². The number of methoxy groups -OCH3 is 1. The summed E-state index contributed by atoms with van der Waals surface area (Å²) in [4.78, 5) is 48.1. The van der Waals surface area contributed by atoms with Gasteiger partial charge in [0, 0.05) is 17.7 Å². The Morgan fingerprint density at radius 2 is 1.48 bits per heavy atom. The van der Waals surface area contributed by atoms with Crippen molar-refractivity contribution in [2.75, 3.05) is 19.0 Å². The molecule has 0 aliphatic heterocycles. The number of nitrogens with one attached hydrogen (secondary N) is 1. The van der Waals surface area contributed by atoms with Crippen molar-refractivity contribution in [2.45, 2.75) is 20.3 Å². The molecule has 7 heteroatoms. The lowest BCUT2D eigenvalue weighted by Crippen LogP contribution is -2.17. The molecule has 0 unspecified atom stereocenters. The third-order valence-electron chi connectivity index (χ3n) is 3.97. The number of rotatable bonds is 8. The minimum Gasteiger partial charge on any atom is -0.465 e. The van der Waals surface area contributed by atoms with Crippen LogP contribution in [-0.4, -0.2) is 37.3 Å². The molecule has 29 heavy (non-hydrogen) atoms. The van der Waals surface area contributed by atoms with Crippen molar-refractivity contribution >= 4 is 29.3 Å². The number of amides is 1. The summed E-state index contributed by atoms with van der Waals surface area (Å²) in [7, 11) is 1.21. The number of Topliss-reactive ketones (excluding diaryl/α,β-unsaturated/α-hetero) is 1. The number of benzene rings is 2. The van der Waals surface area contributed by atoms with Gasteiger partial charge in [0.2, 0.25) is 5.91 Å². The molecule has 0 heterocycles. The van der Waals surface area contributed by atoms with Crippen molar-refractivity contribution in [3.8, 4) is 0 Å². The fourth-order valence-electron chi connectivity index (χ4n) is 2.56. The van der Waals surface area contributed by atoms with Gasteiger partial charge in [0.1, 0.15) is 0 Å². The van der Waals surface area contributed by atoms with Gasteiger partial charge in [0.05, 0.1) is 18.2 Å². The second-order valence-electron chi connectivity index (χ2n) is 6.76. The molecule has 0 atom stereocenters. The Kier molecular flexibility index (Phi) is 7.65. The molecule has 7 nitrogen and oxygen atoms in total. The third-order valence-corrected chi connectivity index (χ3v) is 3.97. The van der Waals surface area contributed by atoms with E-state index in [0.717, 1.165) is 0 Å². The van der Waals surface area contributed by atoms with Crippen LogP contribution in [-0.2, 0) is 14.3 Å². The molecule has 0 aliphatic rings. The minimum absolute atomic E-state index is 0.0235. The van der Waals surface area contributed by atoms with E-state index < -0.39 is 24.3 Å². The average Bonchev–Trinajstić information content (AvgIpc) is 2.71. The molecule has 0 bridgehead atoms. The molecule has 2 aromatic rings. The fourth-order valence-corrected chi connectivity index (χ4v) is 2.56. The SMILES string of the molecule is COC(=O)c1ccccc1C(=O)OCC(=O)c1ccc(NC(=O)CC(C)C)cc1. The van der Waals surface area contributed by atoms with Crippen molar-refractivity contribution in [3.05, 3.63) is 65.2 Å². The first kappa shape index (κ1) is 21.8. The van der Waals surface area contributed by atoms with Gasteiger partial charge in [-0.1, -0.05) is 26.0 Å². The van der Waals surface area contributed by atoms with Crippen LogP contribution in [0.25, 0.3) is 0 Å². The van der Waals surface area contributed by atoms with Crippen molar-refractivity contribution < 1.29 is 28.7 Å². The molecule has 0 radical (unpaired) electrons. The molecule has 0 saturated heterocycles. The van der Waals surface area contributed by atoms with Crippen molar-refractivity contribution in [2.24, 2.45) is 5.92 Å². The van der Waals surface area contributed by atoms with Crippen LogP contribution in [0.4, 0.5) is 5.69 Å². The summed E-state index contributed by atoms with van der Waals surface area (Å²) < 4.78 is 9.69. The van der Waals surface area contributed by atoms with Gasteiger partial charge < -0.3 is 14.8 Å². The molecule has 1 amide bonds.